The molecule has 0 radical (unpaired) electrons. The third kappa shape index (κ3) is 4.80. The fraction of sp³-hybridized carbons (Fsp3) is 0.154. The number of fused-ring (bicyclic) bond motifs is 1. The summed E-state index contributed by atoms with van der Waals surface area (Å²) >= 11 is 6.12. The number of nitrogens with two attached hydrogens (primary N) is 3. The highest BCUT2D eigenvalue weighted by atomic mass is 35.5. The SMILES string of the molecule is CN(C(=O)C(C)(C)N)c1ccc(N/C(=C2/C(=O)Nc3cc(Cl)ccc32)c2ccc(N)c(N)c2)cc1. The highest BCUT2D eigenvalue weighted by Crippen LogP contribution is 2.39. The van der Waals surface area contributed by atoms with Gasteiger partial charge in [-0.1, -0.05) is 23.7 Å². The molecule has 1 aliphatic heterocycles. The van der Waals surface area contributed by atoms with Crippen LogP contribution in [0.5, 0.6) is 0 Å². The molecule has 3 aromatic rings. The molecule has 35 heavy (non-hydrogen) atoms. The van der Waals surface area contributed by atoms with Gasteiger partial charge in [-0.25, -0.2) is 0 Å². The maximum atomic E-state index is 13.0. The van der Waals surface area contributed by atoms with Gasteiger partial charge in [0.15, 0.2) is 0 Å². The van der Waals surface area contributed by atoms with Gasteiger partial charge in [-0.2, -0.15) is 0 Å². The molecule has 0 aromatic heterocycles. The molecule has 9 heteroatoms. The van der Waals surface area contributed by atoms with Gasteiger partial charge >= 0.3 is 0 Å². The smallest absolute Gasteiger partial charge is 0.258 e. The van der Waals surface area contributed by atoms with E-state index in [0.29, 0.717) is 55.9 Å². The van der Waals surface area contributed by atoms with Crippen molar-refractivity contribution in [3.8, 4) is 0 Å². The predicted octanol–water partition coefficient (Wildman–Crippen LogP) is 4.14. The molecule has 4 rings (SSSR count). The second kappa shape index (κ2) is 8.98. The van der Waals surface area contributed by atoms with Crippen molar-refractivity contribution in [2.45, 2.75) is 19.4 Å². The number of carbonyl (C=O) groups is 2. The van der Waals surface area contributed by atoms with E-state index in [-0.39, 0.29) is 11.8 Å². The van der Waals surface area contributed by atoms with E-state index in [2.05, 4.69) is 10.6 Å². The van der Waals surface area contributed by atoms with E-state index in [1.807, 2.05) is 12.1 Å². The molecule has 1 heterocycles. The largest absolute Gasteiger partial charge is 0.397 e. The number of amides is 2. The zero-order chi connectivity index (χ0) is 25.5. The summed E-state index contributed by atoms with van der Waals surface area (Å²) in [5, 5.41) is 6.74. The van der Waals surface area contributed by atoms with E-state index in [1.54, 1.807) is 69.4 Å². The van der Waals surface area contributed by atoms with Crippen molar-refractivity contribution >= 4 is 63.1 Å². The molecule has 0 saturated heterocycles. The Morgan fingerprint density at radius 1 is 1.00 bits per heavy atom. The number of rotatable bonds is 5. The zero-order valence-electron chi connectivity index (χ0n) is 19.6. The van der Waals surface area contributed by atoms with Crippen LogP contribution in [0.3, 0.4) is 0 Å². The van der Waals surface area contributed by atoms with E-state index in [4.69, 9.17) is 28.8 Å². The van der Waals surface area contributed by atoms with Gasteiger partial charge in [-0.3, -0.25) is 9.59 Å². The van der Waals surface area contributed by atoms with Gasteiger partial charge in [0, 0.05) is 34.6 Å². The molecule has 0 atom stereocenters. The summed E-state index contributed by atoms with van der Waals surface area (Å²) in [5.74, 6) is -0.483. The summed E-state index contributed by atoms with van der Waals surface area (Å²) in [5.41, 5.74) is 22.2. The van der Waals surface area contributed by atoms with Crippen molar-refractivity contribution < 1.29 is 9.59 Å². The van der Waals surface area contributed by atoms with Crippen molar-refractivity contribution in [1.82, 2.24) is 0 Å². The first kappa shape index (κ1) is 24.1. The molecule has 0 fully saturated rings. The quantitative estimate of drug-likeness (QED) is 0.269. The van der Waals surface area contributed by atoms with Crippen LogP contribution in [0.15, 0.2) is 60.7 Å². The van der Waals surface area contributed by atoms with Gasteiger partial charge in [0.05, 0.1) is 33.9 Å². The standard InChI is InChI=1S/C26H27ClN6O2/c1-26(2,30)25(35)33(3)17-8-6-16(7-9-17)31-23(14-4-11-19(28)20(29)12-14)22-18-10-5-15(27)13-21(18)32-24(22)34/h4-13,31H,28-30H2,1-3H3,(H,32,34)/b23-22+. The Morgan fingerprint density at radius 3 is 2.31 bits per heavy atom. The van der Waals surface area contributed by atoms with Crippen LogP contribution in [0.25, 0.3) is 11.3 Å². The Labute approximate surface area is 208 Å². The van der Waals surface area contributed by atoms with Crippen molar-refractivity contribution in [2.75, 3.05) is 34.0 Å². The summed E-state index contributed by atoms with van der Waals surface area (Å²) in [6.07, 6.45) is 0. The van der Waals surface area contributed by atoms with Gasteiger partial charge in [0.25, 0.3) is 5.91 Å². The topological polar surface area (TPSA) is 140 Å². The van der Waals surface area contributed by atoms with Crippen LogP contribution in [-0.4, -0.2) is 24.4 Å². The van der Waals surface area contributed by atoms with Gasteiger partial charge in [0.1, 0.15) is 0 Å². The number of nitrogens with zero attached hydrogens (tertiary/aromatic N) is 1. The Kier molecular flexibility index (Phi) is 6.19. The minimum atomic E-state index is -0.996. The Morgan fingerprint density at radius 2 is 1.69 bits per heavy atom. The molecule has 0 spiro atoms. The van der Waals surface area contributed by atoms with Gasteiger partial charge in [-0.15, -0.1) is 0 Å². The molecule has 8 nitrogen and oxygen atoms in total. The summed E-state index contributed by atoms with van der Waals surface area (Å²) in [6.45, 7) is 3.33. The molecule has 1 aliphatic rings. The lowest BCUT2D eigenvalue weighted by Crippen LogP contribution is -2.49. The normalized spacial score (nSPS) is 14.3. The van der Waals surface area contributed by atoms with Crippen LogP contribution in [-0.2, 0) is 9.59 Å². The molecule has 0 saturated carbocycles. The molecular weight excluding hydrogens is 464 g/mol. The summed E-state index contributed by atoms with van der Waals surface area (Å²) < 4.78 is 0. The number of benzene rings is 3. The molecule has 0 aliphatic carbocycles. The van der Waals surface area contributed by atoms with Crippen LogP contribution in [0, 0.1) is 0 Å². The number of carbonyl (C=O) groups excluding carboxylic acids is 2. The van der Waals surface area contributed by atoms with E-state index in [0.717, 1.165) is 0 Å². The monoisotopic (exact) mass is 490 g/mol. The van der Waals surface area contributed by atoms with E-state index in [9.17, 15) is 9.59 Å². The van der Waals surface area contributed by atoms with E-state index < -0.39 is 5.54 Å². The average Bonchev–Trinajstić information content (AvgIpc) is 3.12. The van der Waals surface area contributed by atoms with Crippen LogP contribution < -0.4 is 32.7 Å². The number of halogens is 1. The minimum Gasteiger partial charge on any atom is -0.397 e. The number of likely N-dealkylation sites (N-methyl/N-ethyl adjacent to an activating group) is 1. The third-order valence-electron chi connectivity index (χ3n) is 5.73. The predicted molar refractivity (Wildman–Crippen MR) is 144 cm³/mol. The number of nitrogen functional groups attached to an aromatic ring is 2. The minimum absolute atomic E-state index is 0.212. The maximum Gasteiger partial charge on any atom is 0.258 e. The lowest BCUT2D eigenvalue weighted by atomic mass is 9.99. The van der Waals surface area contributed by atoms with Gasteiger partial charge in [-0.05, 0) is 62.4 Å². The fourth-order valence-corrected chi connectivity index (χ4v) is 4.04. The van der Waals surface area contributed by atoms with Crippen molar-refractivity contribution in [2.24, 2.45) is 5.73 Å². The fourth-order valence-electron chi connectivity index (χ4n) is 3.86. The number of anilines is 5. The Bertz CT molecular complexity index is 1360. The van der Waals surface area contributed by atoms with Crippen LogP contribution in [0.1, 0.15) is 25.0 Å². The van der Waals surface area contributed by atoms with Crippen LogP contribution in [0.4, 0.5) is 28.4 Å². The highest BCUT2D eigenvalue weighted by molar-refractivity contribution is 6.38. The molecule has 0 bridgehead atoms. The molecular formula is C26H27ClN6O2. The Balaban J connectivity index is 1.77. The number of hydrogen-bond donors (Lipinski definition) is 5. The second-order valence-corrected chi connectivity index (χ2v) is 9.43. The van der Waals surface area contributed by atoms with Crippen molar-refractivity contribution in [1.29, 1.82) is 0 Å². The highest BCUT2D eigenvalue weighted by Gasteiger charge is 2.29. The number of hydrogen-bond acceptors (Lipinski definition) is 6. The van der Waals surface area contributed by atoms with Crippen molar-refractivity contribution in [3.63, 3.8) is 0 Å². The van der Waals surface area contributed by atoms with Gasteiger partial charge < -0.3 is 32.7 Å². The van der Waals surface area contributed by atoms with E-state index in [1.165, 1.54) is 4.90 Å². The summed E-state index contributed by atoms with van der Waals surface area (Å²) in [7, 11) is 1.68. The summed E-state index contributed by atoms with van der Waals surface area (Å²) in [6, 6.07) is 17.7. The number of nitrogens with one attached hydrogen (secondary N) is 2. The first-order chi connectivity index (χ1) is 16.5. The first-order valence-electron chi connectivity index (χ1n) is 10.9. The molecule has 3 aromatic carbocycles. The zero-order valence-corrected chi connectivity index (χ0v) is 20.4. The van der Waals surface area contributed by atoms with E-state index >= 15 is 0 Å². The van der Waals surface area contributed by atoms with Crippen molar-refractivity contribution in [3.05, 3.63) is 76.8 Å². The lowest BCUT2D eigenvalue weighted by molar-refractivity contribution is -0.122. The average molecular weight is 491 g/mol. The molecule has 8 N–H and O–H groups in total. The molecule has 180 valence electrons. The van der Waals surface area contributed by atoms with Gasteiger partial charge in [0.2, 0.25) is 5.91 Å². The first-order valence-corrected chi connectivity index (χ1v) is 11.3. The van der Waals surface area contributed by atoms with Crippen LogP contribution >= 0.6 is 11.6 Å². The summed E-state index contributed by atoms with van der Waals surface area (Å²) in [4.78, 5) is 27.1. The maximum absolute atomic E-state index is 13.0. The molecule has 2 amide bonds. The Hall–Kier alpha value is -4.01. The third-order valence-corrected chi connectivity index (χ3v) is 5.97. The molecule has 0 unspecified atom stereocenters. The lowest BCUT2D eigenvalue weighted by Gasteiger charge is -2.26. The van der Waals surface area contributed by atoms with Crippen LogP contribution in [0.2, 0.25) is 5.02 Å². The second-order valence-electron chi connectivity index (χ2n) is 9.00.